The SMILES string of the molecule is Cn1nc2c(c1C(=O)Nc1ncn[nH]1)CN(C(=O)OC(C)(C)C)CC2. The lowest BCUT2D eigenvalue weighted by Crippen LogP contribution is -2.40. The Balaban J connectivity index is 1.81. The summed E-state index contributed by atoms with van der Waals surface area (Å²) >= 11 is 0. The van der Waals surface area contributed by atoms with Crippen molar-refractivity contribution in [3.63, 3.8) is 0 Å². The van der Waals surface area contributed by atoms with Gasteiger partial charge in [-0.2, -0.15) is 15.2 Å². The number of ether oxygens (including phenoxy) is 1. The number of aryl methyl sites for hydroxylation is 1. The molecule has 0 saturated carbocycles. The summed E-state index contributed by atoms with van der Waals surface area (Å²) in [6, 6.07) is 0. The maximum Gasteiger partial charge on any atom is 0.410 e. The Kier molecular flexibility index (Phi) is 4.19. The molecular weight excluding hydrogens is 326 g/mol. The number of anilines is 1. The molecule has 0 atom stereocenters. The highest BCUT2D eigenvalue weighted by atomic mass is 16.6. The van der Waals surface area contributed by atoms with Crippen molar-refractivity contribution < 1.29 is 14.3 Å². The molecule has 0 aromatic carbocycles. The summed E-state index contributed by atoms with van der Waals surface area (Å²) in [6.45, 7) is 6.24. The van der Waals surface area contributed by atoms with E-state index in [1.54, 1.807) is 11.9 Å². The lowest BCUT2D eigenvalue weighted by molar-refractivity contribution is 0.0222. The first-order chi connectivity index (χ1) is 11.7. The van der Waals surface area contributed by atoms with Crippen LogP contribution in [0.2, 0.25) is 0 Å². The van der Waals surface area contributed by atoms with Crippen LogP contribution < -0.4 is 5.32 Å². The van der Waals surface area contributed by atoms with Crippen molar-refractivity contribution in [2.45, 2.75) is 39.3 Å². The summed E-state index contributed by atoms with van der Waals surface area (Å²) in [5.74, 6) is -0.112. The van der Waals surface area contributed by atoms with Crippen LogP contribution in [0.4, 0.5) is 10.7 Å². The first kappa shape index (κ1) is 16.9. The summed E-state index contributed by atoms with van der Waals surface area (Å²) in [5, 5.41) is 13.3. The number of H-pyrrole nitrogens is 1. The van der Waals surface area contributed by atoms with Gasteiger partial charge in [-0.05, 0) is 20.8 Å². The van der Waals surface area contributed by atoms with Gasteiger partial charge in [-0.25, -0.2) is 9.89 Å². The van der Waals surface area contributed by atoms with Crippen molar-refractivity contribution >= 4 is 17.9 Å². The number of hydrogen-bond donors (Lipinski definition) is 2. The fourth-order valence-corrected chi connectivity index (χ4v) is 2.70. The van der Waals surface area contributed by atoms with E-state index in [4.69, 9.17) is 4.74 Å². The van der Waals surface area contributed by atoms with Gasteiger partial charge in [0.15, 0.2) is 0 Å². The molecule has 0 fully saturated rings. The second-order valence-corrected chi connectivity index (χ2v) is 6.84. The van der Waals surface area contributed by atoms with Gasteiger partial charge in [0.25, 0.3) is 5.91 Å². The van der Waals surface area contributed by atoms with Crippen molar-refractivity contribution in [3.8, 4) is 0 Å². The Hall–Kier alpha value is -2.91. The number of nitrogens with zero attached hydrogens (tertiary/aromatic N) is 5. The van der Waals surface area contributed by atoms with Crippen molar-refractivity contribution in [1.29, 1.82) is 0 Å². The van der Waals surface area contributed by atoms with Crippen molar-refractivity contribution in [2.75, 3.05) is 11.9 Å². The Bertz CT molecular complexity index is 789. The molecule has 1 aliphatic rings. The molecule has 0 unspecified atom stereocenters. The van der Waals surface area contributed by atoms with Crippen LogP contribution in [0.25, 0.3) is 0 Å². The quantitative estimate of drug-likeness (QED) is 0.839. The van der Waals surface area contributed by atoms with Crippen LogP contribution in [0.1, 0.15) is 42.5 Å². The molecule has 0 bridgehead atoms. The van der Waals surface area contributed by atoms with Gasteiger partial charge >= 0.3 is 6.09 Å². The number of rotatable bonds is 2. The molecule has 1 aliphatic heterocycles. The Morgan fingerprint density at radius 3 is 2.76 bits per heavy atom. The number of aromatic nitrogens is 5. The molecule has 10 nitrogen and oxygen atoms in total. The van der Waals surface area contributed by atoms with Crippen LogP contribution in [0.5, 0.6) is 0 Å². The number of aromatic amines is 1. The predicted molar refractivity (Wildman–Crippen MR) is 87.9 cm³/mol. The van der Waals surface area contributed by atoms with Crippen LogP contribution in [0.3, 0.4) is 0 Å². The van der Waals surface area contributed by atoms with E-state index in [1.165, 1.54) is 11.0 Å². The molecule has 2 amide bonds. The van der Waals surface area contributed by atoms with Crippen molar-refractivity contribution in [2.24, 2.45) is 7.05 Å². The second kappa shape index (κ2) is 6.19. The van der Waals surface area contributed by atoms with Gasteiger partial charge in [0.05, 0.1) is 12.2 Å². The zero-order valence-corrected chi connectivity index (χ0v) is 14.7. The van der Waals surface area contributed by atoms with Gasteiger partial charge in [-0.1, -0.05) is 0 Å². The highest BCUT2D eigenvalue weighted by Crippen LogP contribution is 2.24. The molecule has 0 saturated heterocycles. The van der Waals surface area contributed by atoms with E-state index in [0.717, 1.165) is 11.3 Å². The third-order valence-corrected chi connectivity index (χ3v) is 3.71. The highest BCUT2D eigenvalue weighted by Gasteiger charge is 2.31. The average molecular weight is 347 g/mol. The maximum absolute atomic E-state index is 12.6. The van der Waals surface area contributed by atoms with E-state index in [-0.39, 0.29) is 18.4 Å². The summed E-state index contributed by atoms with van der Waals surface area (Å²) in [4.78, 5) is 30.4. The average Bonchev–Trinajstić information content (AvgIpc) is 3.10. The topological polar surface area (TPSA) is 118 Å². The molecule has 3 heterocycles. The van der Waals surface area contributed by atoms with Crippen LogP contribution in [0.15, 0.2) is 6.33 Å². The molecule has 0 radical (unpaired) electrons. The van der Waals surface area contributed by atoms with E-state index in [0.29, 0.717) is 18.7 Å². The largest absolute Gasteiger partial charge is 0.444 e. The first-order valence-electron chi connectivity index (χ1n) is 7.94. The van der Waals surface area contributed by atoms with Gasteiger partial charge in [0, 0.05) is 25.6 Å². The summed E-state index contributed by atoms with van der Waals surface area (Å²) < 4.78 is 6.94. The monoisotopic (exact) mass is 347 g/mol. The summed E-state index contributed by atoms with van der Waals surface area (Å²) in [5.41, 5.74) is 1.35. The van der Waals surface area contributed by atoms with Crippen molar-refractivity contribution in [3.05, 3.63) is 23.3 Å². The van der Waals surface area contributed by atoms with Gasteiger partial charge in [0.2, 0.25) is 5.95 Å². The molecular formula is C15H21N7O3. The van der Waals surface area contributed by atoms with Crippen LogP contribution in [-0.2, 0) is 24.8 Å². The third-order valence-electron chi connectivity index (χ3n) is 3.71. The van der Waals surface area contributed by atoms with Crippen molar-refractivity contribution in [1.82, 2.24) is 29.9 Å². The molecule has 0 spiro atoms. The number of amides is 2. The maximum atomic E-state index is 12.6. The van der Waals surface area contributed by atoms with Crippen LogP contribution in [0, 0.1) is 0 Å². The Labute approximate surface area is 144 Å². The molecule has 2 aromatic heterocycles. The molecule has 134 valence electrons. The first-order valence-corrected chi connectivity index (χ1v) is 7.94. The van der Waals surface area contributed by atoms with E-state index in [9.17, 15) is 9.59 Å². The highest BCUT2D eigenvalue weighted by molar-refractivity contribution is 6.03. The minimum atomic E-state index is -0.571. The number of nitrogens with one attached hydrogen (secondary N) is 2. The predicted octanol–water partition coefficient (Wildman–Crippen LogP) is 1.08. The molecule has 3 rings (SSSR count). The third kappa shape index (κ3) is 3.62. The minimum Gasteiger partial charge on any atom is -0.444 e. The normalized spacial score (nSPS) is 14.2. The van der Waals surface area contributed by atoms with Crippen LogP contribution >= 0.6 is 0 Å². The van der Waals surface area contributed by atoms with E-state index >= 15 is 0 Å². The van der Waals surface area contributed by atoms with Crippen LogP contribution in [-0.4, -0.2) is 54.0 Å². The molecule has 0 aliphatic carbocycles. The van der Waals surface area contributed by atoms with Gasteiger partial charge in [-0.15, -0.1) is 0 Å². The lowest BCUT2D eigenvalue weighted by Gasteiger charge is -2.29. The van der Waals surface area contributed by atoms with Gasteiger partial charge in [-0.3, -0.25) is 14.8 Å². The number of hydrogen-bond acceptors (Lipinski definition) is 6. The fraction of sp³-hybridized carbons (Fsp3) is 0.533. The summed E-state index contributed by atoms with van der Waals surface area (Å²) in [6.07, 6.45) is 1.47. The molecule has 25 heavy (non-hydrogen) atoms. The number of carbonyl (C=O) groups excluding carboxylic acids is 2. The summed E-state index contributed by atoms with van der Waals surface area (Å²) in [7, 11) is 1.70. The lowest BCUT2D eigenvalue weighted by atomic mass is 10.1. The Morgan fingerprint density at radius 1 is 1.36 bits per heavy atom. The fourth-order valence-electron chi connectivity index (χ4n) is 2.70. The Morgan fingerprint density at radius 2 is 2.12 bits per heavy atom. The number of fused-ring (bicyclic) bond motifs is 1. The van der Waals surface area contributed by atoms with E-state index in [1.807, 2.05) is 20.8 Å². The molecule has 2 N–H and O–H groups in total. The molecule has 2 aromatic rings. The second-order valence-electron chi connectivity index (χ2n) is 6.84. The standard InChI is InChI=1S/C15H21N7O3/c1-15(2,3)25-14(24)22-6-5-10-9(7-22)11(21(4)20-10)12(23)18-13-16-8-17-19-13/h8H,5-7H2,1-4H3,(H2,16,17,18,19,23). The van der Waals surface area contributed by atoms with Gasteiger partial charge in [0.1, 0.15) is 17.6 Å². The number of carbonyl (C=O) groups is 2. The minimum absolute atomic E-state index is 0.250. The smallest absolute Gasteiger partial charge is 0.410 e. The van der Waals surface area contributed by atoms with E-state index < -0.39 is 11.7 Å². The molecule has 10 heteroatoms. The van der Waals surface area contributed by atoms with Gasteiger partial charge < -0.3 is 9.64 Å². The van der Waals surface area contributed by atoms with E-state index in [2.05, 4.69) is 25.6 Å². The zero-order chi connectivity index (χ0) is 18.2. The zero-order valence-electron chi connectivity index (χ0n) is 14.7.